The molecule has 1 unspecified atom stereocenters. The summed E-state index contributed by atoms with van der Waals surface area (Å²) in [6, 6.07) is 10.9. The number of aromatic nitrogens is 4. The summed E-state index contributed by atoms with van der Waals surface area (Å²) in [5.74, 6) is -5.91. The molecule has 4 aromatic rings. The molecule has 0 bridgehead atoms. The number of benzene rings is 2. The van der Waals surface area contributed by atoms with Crippen LogP contribution >= 0.6 is 0 Å². The second kappa shape index (κ2) is 13.4. The van der Waals surface area contributed by atoms with Crippen LogP contribution in [0.25, 0.3) is 5.69 Å². The zero-order valence-electron chi connectivity index (χ0n) is 29.5. The number of likely N-dealkylation sites (tertiary alicyclic amines) is 1. The minimum Gasteiger partial charge on any atom is -0.443 e. The molecule has 11 nitrogen and oxygen atoms in total. The fourth-order valence-electron chi connectivity index (χ4n) is 7.66. The van der Waals surface area contributed by atoms with Crippen molar-refractivity contribution in [1.82, 2.24) is 29.5 Å². The van der Waals surface area contributed by atoms with Gasteiger partial charge in [-0.2, -0.15) is 5.10 Å². The van der Waals surface area contributed by atoms with Crippen molar-refractivity contribution in [2.75, 3.05) is 11.9 Å². The van der Waals surface area contributed by atoms with E-state index in [1.54, 1.807) is 77.6 Å². The summed E-state index contributed by atoms with van der Waals surface area (Å²) >= 11 is 0. The van der Waals surface area contributed by atoms with Gasteiger partial charge in [0.1, 0.15) is 11.6 Å². The molecular weight excluding hydrogens is 675 g/mol. The van der Waals surface area contributed by atoms with Gasteiger partial charge in [-0.3, -0.25) is 19.0 Å². The van der Waals surface area contributed by atoms with Crippen molar-refractivity contribution in [3.63, 3.8) is 0 Å². The van der Waals surface area contributed by atoms with Crippen LogP contribution in [0.1, 0.15) is 86.0 Å². The van der Waals surface area contributed by atoms with Crippen molar-refractivity contribution in [2.45, 2.75) is 84.2 Å². The van der Waals surface area contributed by atoms with Gasteiger partial charge in [-0.25, -0.2) is 22.8 Å². The summed E-state index contributed by atoms with van der Waals surface area (Å²) < 4.78 is 53.9. The molecule has 2 N–H and O–H groups in total. The van der Waals surface area contributed by atoms with Crippen molar-refractivity contribution in [3.05, 3.63) is 95.6 Å². The van der Waals surface area contributed by atoms with Crippen LogP contribution in [0, 0.1) is 30.0 Å². The molecule has 3 aliphatic rings. The molecule has 2 fully saturated rings. The Morgan fingerprint density at radius 2 is 1.83 bits per heavy atom. The van der Waals surface area contributed by atoms with Crippen LogP contribution in [0.15, 0.2) is 67.1 Å². The van der Waals surface area contributed by atoms with Crippen LogP contribution in [-0.2, 0) is 21.1 Å². The summed E-state index contributed by atoms with van der Waals surface area (Å²) in [5.41, 5.74) is 2.34. The van der Waals surface area contributed by atoms with Crippen LogP contribution < -0.4 is 10.6 Å². The number of carbonyl (C=O) groups is 3. The lowest BCUT2D eigenvalue weighted by molar-refractivity contribution is -0.157. The molecule has 1 saturated heterocycles. The molecule has 14 heteroatoms. The van der Waals surface area contributed by atoms with Crippen molar-refractivity contribution in [3.8, 4) is 5.69 Å². The van der Waals surface area contributed by atoms with Crippen molar-refractivity contribution in [1.29, 1.82) is 0 Å². The number of amides is 2. The number of aryl methyl sites for hydroxylation is 1. The molecule has 2 aromatic heterocycles. The Labute approximate surface area is 299 Å². The van der Waals surface area contributed by atoms with Gasteiger partial charge in [0.05, 0.1) is 34.8 Å². The van der Waals surface area contributed by atoms with E-state index in [9.17, 15) is 18.8 Å². The number of hydrogen-bond acceptors (Lipinski definition) is 7. The van der Waals surface area contributed by atoms with Crippen LogP contribution in [-0.4, -0.2) is 60.5 Å². The van der Waals surface area contributed by atoms with Crippen LogP contribution in [0.3, 0.4) is 0 Å². The normalized spacial score (nSPS) is 23.7. The molecule has 4 heterocycles. The molecule has 2 aromatic carbocycles. The molecule has 52 heavy (non-hydrogen) atoms. The standard InChI is InChI=1S/C38H42F3N7O4/c1-22-12-17-48(45-22)25-8-5-23(6-9-25)34(49)44-30-11-14-38(40,41)20-28(30)35(50)47-16-13-26-31(43-29-10-7-24(39)19-27(29)32(26)47)33-42-15-18-46(33)21-52-36(51)37(2,3)4/h5-10,12,15,17-19,26,28,30-32,43H,11,13-14,16,20-21H2,1-4H3,(H,44,49)/t26-,28+,30-,31?,32-/m1/s1. The molecule has 1 aliphatic carbocycles. The minimum absolute atomic E-state index is 0.0793. The van der Waals surface area contributed by atoms with Gasteiger partial charge in [0.25, 0.3) is 5.91 Å². The number of carbonyl (C=O) groups excluding carboxylic acids is 3. The molecule has 5 atom stereocenters. The molecular formula is C38H42F3N7O4. The van der Waals surface area contributed by atoms with Crippen molar-refractivity contribution >= 4 is 23.5 Å². The summed E-state index contributed by atoms with van der Waals surface area (Å²) in [6.07, 6.45) is 4.31. The average molecular weight is 718 g/mol. The highest BCUT2D eigenvalue weighted by Gasteiger charge is 2.52. The van der Waals surface area contributed by atoms with E-state index in [4.69, 9.17) is 4.74 Å². The van der Waals surface area contributed by atoms with Crippen molar-refractivity contribution in [2.24, 2.45) is 17.3 Å². The quantitative estimate of drug-likeness (QED) is 0.214. The maximum atomic E-state index is 15.1. The van der Waals surface area contributed by atoms with Gasteiger partial charge in [0.2, 0.25) is 11.8 Å². The molecule has 0 radical (unpaired) electrons. The third kappa shape index (κ3) is 6.90. The Kier molecular flexibility index (Phi) is 9.12. The van der Waals surface area contributed by atoms with E-state index in [2.05, 4.69) is 20.7 Å². The van der Waals surface area contributed by atoms with Crippen LogP contribution in [0.2, 0.25) is 0 Å². The van der Waals surface area contributed by atoms with Gasteiger partial charge < -0.3 is 20.3 Å². The molecule has 2 amide bonds. The van der Waals surface area contributed by atoms with Gasteiger partial charge in [-0.05, 0) is 89.1 Å². The van der Waals surface area contributed by atoms with E-state index in [1.807, 2.05) is 19.2 Å². The van der Waals surface area contributed by atoms with E-state index in [-0.39, 0.29) is 31.6 Å². The number of anilines is 1. The predicted octanol–water partition coefficient (Wildman–Crippen LogP) is 6.35. The zero-order chi connectivity index (χ0) is 36.9. The van der Waals surface area contributed by atoms with Gasteiger partial charge >= 0.3 is 5.97 Å². The summed E-state index contributed by atoms with van der Waals surface area (Å²) in [4.78, 5) is 46.7. The van der Waals surface area contributed by atoms with Crippen LogP contribution in [0.4, 0.5) is 18.9 Å². The first-order chi connectivity index (χ1) is 24.7. The molecule has 7 rings (SSSR count). The highest BCUT2D eigenvalue weighted by Crippen LogP contribution is 2.52. The Hall–Kier alpha value is -5.14. The number of nitrogens with one attached hydrogen (secondary N) is 2. The molecule has 2 aliphatic heterocycles. The first-order valence-electron chi connectivity index (χ1n) is 17.5. The Balaban J connectivity index is 1.14. The van der Waals surface area contributed by atoms with Gasteiger partial charge in [-0.1, -0.05) is 0 Å². The Morgan fingerprint density at radius 3 is 2.54 bits per heavy atom. The van der Waals surface area contributed by atoms with E-state index >= 15 is 8.78 Å². The third-order valence-corrected chi connectivity index (χ3v) is 10.3. The number of alkyl halides is 2. The topological polar surface area (TPSA) is 123 Å². The van der Waals surface area contributed by atoms with Gasteiger partial charge in [0.15, 0.2) is 6.73 Å². The fourth-order valence-corrected chi connectivity index (χ4v) is 7.66. The van der Waals surface area contributed by atoms with E-state index in [0.29, 0.717) is 29.1 Å². The number of imidazole rings is 1. The summed E-state index contributed by atoms with van der Waals surface area (Å²) in [6.45, 7) is 7.31. The van der Waals surface area contributed by atoms with Gasteiger partial charge in [0, 0.05) is 66.8 Å². The molecule has 1 saturated carbocycles. The minimum atomic E-state index is -3.10. The second-order valence-corrected chi connectivity index (χ2v) is 15.1. The highest BCUT2D eigenvalue weighted by atomic mass is 19.3. The first kappa shape index (κ1) is 35.3. The van der Waals surface area contributed by atoms with E-state index < -0.39 is 65.9 Å². The smallest absolute Gasteiger partial charge is 0.312 e. The average Bonchev–Trinajstić information content (AvgIpc) is 3.87. The highest BCUT2D eigenvalue weighted by molar-refractivity contribution is 5.95. The number of nitrogens with zero attached hydrogens (tertiary/aromatic N) is 5. The number of hydrogen-bond donors (Lipinski definition) is 2. The number of ether oxygens (including phenoxy) is 1. The zero-order valence-corrected chi connectivity index (χ0v) is 29.5. The number of esters is 1. The van der Waals surface area contributed by atoms with Crippen molar-refractivity contribution < 1.29 is 32.3 Å². The molecule has 274 valence electrons. The van der Waals surface area contributed by atoms with E-state index in [1.165, 1.54) is 12.1 Å². The Morgan fingerprint density at radius 1 is 1.06 bits per heavy atom. The largest absolute Gasteiger partial charge is 0.443 e. The summed E-state index contributed by atoms with van der Waals surface area (Å²) in [5, 5.41) is 10.7. The third-order valence-electron chi connectivity index (χ3n) is 10.3. The lowest BCUT2D eigenvalue weighted by atomic mass is 9.79. The fraction of sp³-hybridized carbons (Fsp3) is 0.447. The number of rotatable bonds is 7. The monoisotopic (exact) mass is 717 g/mol. The first-order valence-corrected chi connectivity index (χ1v) is 17.5. The summed E-state index contributed by atoms with van der Waals surface area (Å²) in [7, 11) is 0. The Bertz CT molecular complexity index is 1990. The number of halogens is 3. The maximum Gasteiger partial charge on any atom is 0.312 e. The van der Waals surface area contributed by atoms with E-state index in [0.717, 1.165) is 11.4 Å². The lowest BCUT2D eigenvalue weighted by Crippen LogP contribution is -2.53. The maximum absolute atomic E-state index is 15.1. The lowest BCUT2D eigenvalue weighted by Gasteiger charge is -2.42. The predicted molar refractivity (Wildman–Crippen MR) is 185 cm³/mol. The SMILES string of the molecule is Cc1ccn(-c2ccc(C(=O)N[C@@H]3CCC(F)(F)C[C@@H]3C(=O)N3CC[C@@H]4C(c5nccn5COC(=O)C(C)(C)C)Nc5ccc(F)cc5[C@@H]43)cc2)n1. The molecule has 0 spiro atoms. The number of fused-ring (bicyclic) bond motifs is 3. The van der Waals surface area contributed by atoms with Gasteiger partial charge in [-0.15, -0.1) is 0 Å². The second-order valence-electron chi connectivity index (χ2n) is 15.1. The van der Waals surface area contributed by atoms with Crippen LogP contribution in [0.5, 0.6) is 0 Å².